The van der Waals surface area contributed by atoms with Crippen molar-refractivity contribution in [3.63, 3.8) is 0 Å². The van der Waals surface area contributed by atoms with Gasteiger partial charge in [-0.25, -0.2) is 0 Å². The first kappa shape index (κ1) is 18.4. The fourth-order valence-corrected chi connectivity index (χ4v) is 6.97. The molecule has 3 aliphatic carbocycles. The van der Waals surface area contributed by atoms with Gasteiger partial charge < -0.3 is 9.47 Å². The number of carbonyl (C=O) groups is 2. The quantitative estimate of drug-likeness (QED) is 0.665. The highest BCUT2D eigenvalue weighted by atomic mass is 16.7. The lowest BCUT2D eigenvalue weighted by atomic mass is 9.44. The summed E-state index contributed by atoms with van der Waals surface area (Å²) in [6, 6.07) is 0. The Bertz CT molecular complexity index is 663. The van der Waals surface area contributed by atoms with Crippen molar-refractivity contribution >= 4 is 11.6 Å². The van der Waals surface area contributed by atoms with E-state index in [0.29, 0.717) is 13.2 Å². The third-order valence-electron chi connectivity index (χ3n) is 8.79. The van der Waals surface area contributed by atoms with Crippen LogP contribution in [0.3, 0.4) is 0 Å². The van der Waals surface area contributed by atoms with Crippen LogP contribution < -0.4 is 0 Å². The van der Waals surface area contributed by atoms with Crippen molar-refractivity contribution in [3.05, 3.63) is 12.7 Å². The van der Waals surface area contributed by atoms with Gasteiger partial charge in [-0.1, -0.05) is 26.8 Å². The average Bonchev–Trinajstić information content (AvgIpc) is 3.23. The maximum atomic E-state index is 13.7. The lowest BCUT2D eigenvalue weighted by molar-refractivity contribution is -0.246. The third kappa shape index (κ3) is 1.98. The van der Waals surface area contributed by atoms with E-state index >= 15 is 0 Å². The molecular weight excluding hydrogens is 328 g/mol. The van der Waals surface area contributed by atoms with E-state index in [4.69, 9.17) is 9.47 Å². The fraction of sp³-hybridized carbons (Fsp3) is 0.818. The van der Waals surface area contributed by atoms with E-state index in [0.717, 1.165) is 25.7 Å². The van der Waals surface area contributed by atoms with Crippen LogP contribution in [0.15, 0.2) is 12.7 Å². The Morgan fingerprint density at radius 3 is 2.35 bits per heavy atom. The monoisotopic (exact) mass is 360 g/mol. The second-order valence-corrected chi connectivity index (χ2v) is 9.70. The highest BCUT2D eigenvalue weighted by Crippen LogP contribution is 2.71. The molecular formula is C22H32O4. The van der Waals surface area contributed by atoms with Crippen LogP contribution in [0, 0.1) is 34.0 Å². The normalized spacial score (nSPS) is 50.4. The van der Waals surface area contributed by atoms with Gasteiger partial charge in [0.15, 0.2) is 5.79 Å². The smallest absolute Gasteiger partial charge is 0.172 e. The number of allylic oxidation sites excluding steroid dienone is 1. The maximum Gasteiger partial charge on any atom is 0.172 e. The maximum absolute atomic E-state index is 13.7. The molecule has 0 aromatic heterocycles. The van der Waals surface area contributed by atoms with E-state index in [1.807, 2.05) is 6.92 Å². The van der Waals surface area contributed by atoms with Crippen molar-refractivity contribution in [1.29, 1.82) is 0 Å². The number of ether oxygens (including phenoxy) is 2. The Morgan fingerprint density at radius 1 is 1.08 bits per heavy atom. The number of rotatable bonds is 1. The zero-order valence-corrected chi connectivity index (χ0v) is 16.6. The van der Waals surface area contributed by atoms with Crippen molar-refractivity contribution in [2.45, 2.75) is 65.6 Å². The van der Waals surface area contributed by atoms with E-state index in [2.05, 4.69) is 27.4 Å². The molecule has 0 aromatic carbocycles. The molecule has 4 fully saturated rings. The third-order valence-corrected chi connectivity index (χ3v) is 8.79. The van der Waals surface area contributed by atoms with Crippen LogP contribution in [0.2, 0.25) is 0 Å². The van der Waals surface area contributed by atoms with Gasteiger partial charge in [0.05, 0.1) is 18.6 Å². The summed E-state index contributed by atoms with van der Waals surface area (Å²) in [5, 5.41) is 0. The molecule has 4 heteroatoms. The molecule has 6 atom stereocenters. The summed E-state index contributed by atoms with van der Waals surface area (Å²) in [4.78, 5) is 27.2. The minimum atomic E-state index is -0.778. The van der Waals surface area contributed by atoms with Crippen molar-refractivity contribution in [1.82, 2.24) is 0 Å². The zero-order chi connectivity index (χ0) is 19.0. The molecule has 2 bridgehead atoms. The lowest BCUT2D eigenvalue weighted by Gasteiger charge is -2.59. The molecule has 4 rings (SSSR count). The second kappa shape index (κ2) is 5.51. The first-order chi connectivity index (χ1) is 12.2. The fourth-order valence-electron chi connectivity index (χ4n) is 6.97. The topological polar surface area (TPSA) is 52.6 Å². The van der Waals surface area contributed by atoms with E-state index in [1.54, 1.807) is 6.08 Å². The molecule has 26 heavy (non-hydrogen) atoms. The Kier molecular flexibility index (Phi) is 3.89. The molecule has 144 valence electrons. The number of Topliss-reactive ketones (excluding diaryl/α,β-unsaturated/α-hetero) is 2. The van der Waals surface area contributed by atoms with Gasteiger partial charge >= 0.3 is 0 Å². The summed E-state index contributed by atoms with van der Waals surface area (Å²) in [7, 11) is 0. The van der Waals surface area contributed by atoms with Gasteiger partial charge in [0.2, 0.25) is 0 Å². The Labute approximate surface area is 156 Å². The molecule has 0 N–H and O–H groups in total. The summed E-state index contributed by atoms with van der Waals surface area (Å²) < 4.78 is 12.4. The molecule has 0 radical (unpaired) electrons. The molecule has 1 saturated heterocycles. The lowest BCUT2D eigenvalue weighted by Crippen LogP contribution is -2.63. The van der Waals surface area contributed by atoms with Crippen molar-refractivity contribution < 1.29 is 19.1 Å². The summed E-state index contributed by atoms with van der Waals surface area (Å²) in [6.07, 6.45) is 5.58. The summed E-state index contributed by atoms with van der Waals surface area (Å²) in [5.41, 5.74) is -1.53. The molecule has 1 heterocycles. The van der Waals surface area contributed by atoms with Gasteiger partial charge in [0.25, 0.3) is 0 Å². The van der Waals surface area contributed by atoms with Crippen LogP contribution in [0.1, 0.15) is 59.8 Å². The van der Waals surface area contributed by atoms with Crippen LogP contribution in [0.4, 0.5) is 0 Å². The molecule has 4 nitrogen and oxygen atoms in total. The second-order valence-electron chi connectivity index (χ2n) is 9.70. The minimum Gasteiger partial charge on any atom is -0.347 e. The van der Waals surface area contributed by atoms with Crippen LogP contribution in [0.5, 0.6) is 0 Å². The van der Waals surface area contributed by atoms with Crippen molar-refractivity contribution in [2.24, 2.45) is 34.0 Å². The van der Waals surface area contributed by atoms with Crippen LogP contribution in [-0.2, 0) is 19.1 Å². The molecule has 0 aromatic rings. The van der Waals surface area contributed by atoms with Gasteiger partial charge in [0, 0.05) is 30.1 Å². The molecule has 0 amide bonds. The Hall–Kier alpha value is -1.00. The number of carbonyl (C=O) groups excluding carboxylic acids is 2. The zero-order valence-electron chi connectivity index (χ0n) is 16.6. The van der Waals surface area contributed by atoms with Gasteiger partial charge in [-0.2, -0.15) is 0 Å². The van der Waals surface area contributed by atoms with Crippen LogP contribution in [-0.4, -0.2) is 30.6 Å². The average molecular weight is 360 g/mol. The van der Waals surface area contributed by atoms with Gasteiger partial charge in [-0.15, -0.1) is 6.58 Å². The highest BCUT2D eigenvalue weighted by molar-refractivity contribution is 5.97. The highest BCUT2D eigenvalue weighted by Gasteiger charge is 2.73. The SMILES string of the molecule is C=C[C@@]1(C)CC(=O)[C@]2(C)[C@H](C)CC[C@]3(CCC4(OCCO4)[C@H]32)[C@@H](C)C1=O. The number of hydrogen-bond acceptors (Lipinski definition) is 4. The van der Waals surface area contributed by atoms with Crippen molar-refractivity contribution in [3.8, 4) is 0 Å². The predicted octanol–water partition coefficient (Wildman–Crippen LogP) is 3.93. The Balaban J connectivity index is 1.95. The first-order valence-electron chi connectivity index (χ1n) is 10.2. The molecule has 1 aliphatic heterocycles. The summed E-state index contributed by atoms with van der Waals surface area (Å²) in [5.74, 6) is -0.252. The van der Waals surface area contributed by atoms with Crippen molar-refractivity contribution in [2.75, 3.05) is 13.2 Å². The van der Waals surface area contributed by atoms with E-state index in [-0.39, 0.29) is 41.2 Å². The molecule has 0 unspecified atom stereocenters. The van der Waals surface area contributed by atoms with E-state index in [1.165, 1.54) is 0 Å². The minimum absolute atomic E-state index is 0.0467. The predicted molar refractivity (Wildman–Crippen MR) is 98.4 cm³/mol. The van der Waals surface area contributed by atoms with Gasteiger partial charge in [-0.3, -0.25) is 9.59 Å². The standard InChI is InChI=1S/C22H32O4/c1-6-19(4)13-16(23)20(5)14(2)7-8-21(15(3)17(19)24)9-10-22(18(20)21)25-11-12-26-22/h6,14-15,18H,1,7-13H2,2-5H3/t14-,15+,18+,19+,20+,21+/m1/s1. The number of ketones is 2. The Morgan fingerprint density at radius 2 is 1.73 bits per heavy atom. The van der Waals surface area contributed by atoms with Gasteiger partial charge in [-0.05, 0) is 37.5 Å². The van der Waals surface area contributed by atoms with Crippen LogP contribution in [0.25, 0.3) is 0 Å². The summed E-state index contributed by atoms with van der Waals surface area (Å²) in [6.45, 7) is 13.4. The van der Waals surface area contributed by atoms with Crippen LogP contribution >= 0.6 is 0 Å². The molecule has 4 aliphatic rings. The van der Waals surface area contributed by atoms with E-state index in [9.17, 15) is 9.59 Å². The molecule has 3 saturated carbocycles. The largest absolute Gasteiger partial charge is 0.347 e. The number of hydrogen-bond donors (Lipinski definition) is 0. The van der Waals surface area contributed by atoms with Gasteiger partial charge in [0.1, 0.15) is 11.6 Å². The molecule has 1 spiro atoms. The summed E-state index contributed by atoms with van der Waals surface area (Å²) >= 11 is 0. The van der Waals surface area contributed by atoms with E-state index < -0.39 is 16.6 Å². The first-order valence-corrected chi connectivity index (χ1v) is 10.2.